The van der Waals surface area contributed by atoms with Crippen molar-refractivity contribution >= 4 is 0 Å². The lowest BCUT2D eigenvalue weighted by molar-refractivity contribution is -0.317. The van der Waals surface area contributed by atoms with Gasteiger partial charge in [-0.1, -0.05) is 6.92 Å². The van der Waals surface area contributed by atoms with Crippen molar-refractivity contribution in [1.29, 1.82) is 0 Å². The fourth-order valence-electron chi connectivity index (χ4n) is 4.63. The van der Waals surface area contributed by atoms with Gasteiger partial charge in [0.2, 0.25) is 0 Å². The molecule has 0 spiro atoms. The summed E-state index contributed by atoms with van der Waals surface area (Å²) in [4.78, 5) is 0. The maximum atomic E-state index is 11.0. The van der Waals surface area contributed by atoms with E-state index in [1.807, 2.05) is 0 Å². The van der Waals surface area contributed by atoms with Crippen LogP contribution in [0, 0.1) is 0 Å². The van der Waals surface area contributed by atoms with Crippen molar-refractivity contribution in [3.05, 3.63) is 0 Å². The van der Waals surface area contributed by atoms with E-state index in [0.29, 0.717) is 6.42 Å². The van der Waals surface area contributed by atoms with Gasteiger partial charge in [-0.2, -0.15) is 0 Å². The Morgan fingerprint density at radius 3 is 1.79 bits per heavy atom. The van der Waals surface area contributed by atoms with E-state index in [0.717, 1.165) is 0 Å². The first-order chi connectivity index (χ1) is 15.5. The summed E-state index contributed by atoms with van der Waals surface area (Å²) in [5.41, 5.74) is 29.8. The molecule has 0 aromatic rings. The number of aliphatic hydroxyl groups excluding tert-OH is 5. The zero-order valence-corrected chi connectivity index (χ0v) is 18.5. The highest BCUT2D eigenvalue weighted by Gasteiger charge is 2.51. The van der Waals surface area contributed by atoms with Gasteiger partial charge in [0.15, 0.2) is 12.6 Å². The van der Waals surface area contributed by atoms with Gasteiger partial charge in [-0.05, 0) is 12.8 Å². The minimum absolute atomic E-state index is 0.0949. The molecule has 2 aliphatic heterocycles. The first kappa shape index (κ1) is 27.0. The number of aliphatic hydroxyl groups is 5. The molecule has 15 atom stereocenters. The van der Waals surface area contributed by atoms with Crippen LogP contribution < -0.4 is 28.7 Å². The van der Waals surface area contributed by atoms with Crippen LogP contribution in [-0.4, -0.2) is 124 Å². The molecular weight excluding hydrogens is 442 g/mol. The van der Waals surface area contributed by atoms with Gasteiger partial charge in [0.05, 0.1) is 24.3 Å². The Kier molecular flexibility index (Phi) is 9.02. The first-order valence-corrected chi connectivity index (χ1v) is 11.3. The molecular formula is C19H39N5O9. The second-order valence-electron chi connectivity index (χ2n) is 9.10. The second kappa shape index (κ2) is 11.0. The maximum Gasteiger partial charge on any atom is 0.186 e. The van der Waals surface area contributed by atoms with E-state index in [4.69, 9.17) is 47.6 Å². The predicted molar refractivity (Wildman–Crippen MR) is 113 cm³/mol. The molecule has 2 saturated heterocycles. The van der Waals surface area contributed by atoms with E-state index >= 15 is 0 Å². The average Bonchev–Trinajstić information content (AvgIpc) is 2.79. The zero-order chi connectivity index (χ0) is 24.6. The third-order valence-electron chi connectivity index (χ3n) is 6.78. The third kappa shape index (κ3) is 5.34. The molecule has 0 amide bonds. The smallest absolute Gasteiger partial charge is 0.186 e. The lowest BCUT2D eigenvalue weighted by Crippen LogP contribution is -2.69. The number of hydrogen-bond donors (Lipinski definition) is 10. The molecule has 3 aliphatic rings. The van der Waals surface area contributed by atoms with Crippen molar-refractivity contribution in [2.75, 3.05) is 6.54 Å². The molecule has 3 rings (SSSR count). The van der Waals surface area contributed by atoms with Gasteiger partial charge in [-0.25, -0.2) is 0 Å². The summed E-state index contributed by atoms with van der Waals surface area (Å²) in [6.07, 6.45) is -12.1. The molecule has 0 aromatic carbocycles. The molecule has 2 heterocycles. The molecule has 7 unspecified atom stereocenters. The Balaban J connectivity index is 1.72. The van der Waals surface area contributed by atoms with E-state index in [9.17, 15) is 25.5 Å². The van der Waals surface area contributed by atoms with Crippen LogP contribution in [0.25, 0.3) is 0 Å². The zero-order valence-electron chi connectivity index (χ0n) is 18.5. The van der Waals surface area contributed by atoms with Crippen LogP contribution in [0.2, 0.25) is 0 Å². The van der Waals surface area contributed by atoms with Crippen LogP contribution in [0.15, 0.2) is 0 Å². The molecule has 1 aliphatic carbocycles. The maximum absolute atomic E-state index is 11.0. The van der Waals surface area contributed by atoms with E-state index in [2.05, 4.69) is 0 Å². The minimum Gasteiger partial charge on any atom is -0.389 e. The number of ether oxygens (including phenoxy) is 4. The number of nitrogens with two attached hydrogens (primary N) is 5. The monoisotopic (exact) mass is 481 g/mol. The highest BCUT2D eigenvalue weighted by molar-refractivity contribution is 5.01. The molecule has 3 fully saturated rings. The van der Waals surface area contributed by atoms with Gasteiger partial charge in [0, 0.05) is 18.6 Å². The van der Waals surface area contributed by atoms with Crippen LogP contribution in [-0.2, 0) is 18.9 Å². The van der Waals surface area contributed by atoms with Crippen molar-refractivity contribution in [3.63, 3.8) is 0 Å². The first-order valence-electron chi connectivity index (χ1n) is 11.3. The Hall–Kier alpha value is -0.560. The van der Waals surface area contributed by atoms with Gasteiger partial charge < -0.3 is 73.1 Å². The SMILES string of the molecule is CC[C@H]1OC(O[C@@H]2C(N)CC(N)[C@@H](O[C@H]3OC(CN)[C@@H](O)[C@H](O)C3N)[C@@H]2O)C(O)[C@H](N)C1O. The van der Waals surface area contributed by atoms with Gasteiger partial charge >= 0.3 is 0 Å². The molecule has 0 bridgehead atoms. The second-order valence-corrected chi connectivity index (χ2v) is 9.10. The van der Waals surface area contributed by atoms with E-state index in [-0.39, 0.29) is 13.0 Å². The van der Waals surface area contributed by atoms with Gasteiger partial charge in [-0.3, -0.25) is 0 Å². The van der Waals surface area contributed by atoms with Gasteiger partial charge in [-0.15, -0.1) is 0 Å². The molecule has 1 saturated carbocycles. The van der Waals surface area contributed by atoms with E-state index in [1.54, 1.807) is 6.92 Å². The van der Waals surface area contributed by atoms with Crippen LogP contribution >= 0.6 is 0 Å². The largest absolute Gasteiger partial charge is 0.389 e. The van der Waals surface area contributed by atoms with Crippen molar-refractivity contribution < 1.29 is 44.5 Å². The Labute approximate surface area is 191 Å². The highest BCUT2D eigenvalue weighted by atomic mass is 16.7. The lowest BCUT2D eigenvalue weighted by Gasteiger charge is -2.48. The number of hydrogen-bond acceptors (Lipinski definition) is 14. The molecule has 15 N–H and O–H groups in total. The number of rotatable bonds is 6. The molecule has 0 radical (unpaired) electrons. The Morgan fingerprint density at radius 2 is 1.24 bits per heavy atom. The van der Waals surface area contributed by atoms with Crippen LogP contribution in [0.5, 0.6) is 0 Å². The van der Waals surface area contributed by atoms with Crippen LogP contribution in [0.1, 0.15) is 19.8 Å². The van der Waals surface area contributed by atoms with Crippen molar-refractivity contribution in [2.24, 2.45) is 28.7 Å². The predicted octanol–water partition coefficient (Wildman–Crippen LogP) is -5.91. The van der Waals surface area contributed by atoms with Gasteiger partial charge in [0.1, 0.15) is 42.7 Å². The van der Waals surface area contributed by atoms with Crippen molar-refractivity contribution in [3.8, 4) is 0 Å². The fraction of sp³-hybridized carbons (Fsp3) is 1.00. The molecule has 14 heteroatoms. The molecule has 33 heavy (non-hydrogen) atoms. The summed E-state index contributed by atoms with van der Waals surface area (Å²) in [5, 5.41) is 51.9. The minimum atomic E-state index is -1.39. The summed E-state index contributed by atoms with van der Waals surface area (Å²) in [7, 11) is 0. The standard InChI is InChI=1S/C19H39N5O9/c1-2-7-11(25)9(23)14(28)19(30-7)33-17-6(22)3-5(21)16(15(17)29)32-18-10(24)13(27)12(26)8(4-20)31-18/h5-19,25-29H,2-4,20-24H2,1H3/t5?,6?,7-,8?,9-,10?,11?,12-,13-,14?,15+,16-,17-,18-,19?/m1/s1. The molecule has 194 valence electrons. The fourth-order valence-corrected chi connectivity index (χ4v) is 4.63. The average molecular weight is 482 g/mol. The topological polar surface area (TPSA) is 268 Å². The third-order valence-corrected chi connectivity index (χ3v) is 6.78. The Bertz CT molecular complexity index is 584. The van der Waals surface area contributed by atoms with E-state index in [1.165, 1.54) is 0 Å². The van der Waals surface area contributed by atoms with Crippen LogP contribution in [0.4, 0.5) is 0 Å². The van der Waals surface area contributed by atoms with Gasteiger partial charge in [0.25, 0.3) is 0 Å². The van der Waals surface area contributed by atoms with E-state index < -0.39 is 91.7 Å². The van der Waals surface area contributed by atoms with Crippen LogP contribution in [0.3, 0.4) is 0 Å². The summed E-state index contributed by atoms with van der Waals surface area (Å²) in [6.45, 7) is 1.69. The quantitative estimate of drug-likeness (QED) is 0.169. The summed E-state index contributed by atoms with van der Waals surface area (Å²) in [6, 6.07) is -3.63. The highest BCUT2D eigenvalue weighted by Crippen LogP contribution is 2.31. The summed E-state index contributed by atoms with van der Waals surface area (Å²) < 4.78 is 22.9. The molecule has 14 nitrogen and oxygen atoms in total. The molecule has 0 aromatic heterocycles. The Morgan fingerprint density at radius 1 is 0.697 bits per heavy atom. The summed E-state index contributed by atoms with van der Waals surface area (Å²) >= 11 is 0. The van der Waals surface area contributed by atoms with Crippen molar-refractivity contribution in [2.45, 2.75) is 111 Å². The van der Waals surface area contributed by atoms with Crippen molar-refractivity contribution in [1.82, 2.24) is 0 Å². The lowest BCUT2D eigenvalue weighted by atomic mass is 9.84. The normalized spacial score (nSPS) is 53.7. The summed E-state index contributed by atoms with van der Waals surface area (Å²) in [5.74, 6) is 0.